The molecular formula is C25H29N5O2. The van der Waals surface area contributed by atoms with Gasteiger partial charge in [0.25, 0.3) is 5.56 Å². The summed E-state index contributed by atoms with van der Waals surface area (Å²) in [4.78, 5) is 30.0. The minimum atomic E-state index is -0.378. The fraction of sp³-hybridized carbons (Fsp3) is 0.320. The van der Waals surface area contributed by atoms with Gasteiger partial charge in [0.05, 0.1) is 6.54 Å². The van der Waals surface area contributed by atoms with Gasteiger partial charge in [-0.2, -0.15) is 4.98 Å². The maximum absolute atomic E-state index is 13.0. The maximum Gasteiger partial charge on any atom is 0.332 e. The molecule has 0 fully saturated rings. The van der Waals surface area contributed by atoms with Gasteiger partial charge in [-0.3, -0.25) is 18.5 Å². The molecule has 166 valence electrons. The first kappa shape index (κ1) is 21.6. The molecule has 2 heterocycles. The lowest BCUT2D eigenvalue weighted by Gasteiger charge is -2.11. The van der Waals surface area contributed by atoms with E-state index in [-0.39, 0.29) is 11.2 Å². The fourth-order valence-corrected chi connectivity index (χ4v) is 3.91. The summed E-state index contributed by atoms with van der Waals surface area (Å²) in [5.74, 6) is 0.610. The number of aromatic nitrogens is 4. The molecule has 0 saturated carbocycles. The van der Waals surface area contributed by atoms with Gasteiger partial charge in [-0.1, -0.05) is 60.2 Å². The summed E-state index contributed by atoms with van der Waals surface area (Å²) in [5.41, 5.74) is 3.70. The molecule has 2 aromatic carbocycles. The highest BCUT2D eigenvalue weighted by Gasteiger charge is 2.19. The van der Waals surface area contributed by atoms with Crippen molar-refractivity contribution in [3.8, 4) is 0 Å². The van der Waals surface area contributed by atoms with Crippen LogP contribution in [0.4, 0.5) is 5.95 Å². The predicted molar refractivity (Wildman–Crippen MR) is 128 cm³/mol. The third-order valence-electron chi connectivity index (χ3n) is 5.83. The molecule has 0 aliphatic heterocycles. The van der Waals surface area contributed by atoms with Gasteiger partial charge < -0.3 is 5.32 Å². The summed E-state index contributed by atoms with van der Waals surface area (Å²) in [6.07, 6.45) is 3.05. The maximum atomic E-state index is 13.0. The number of benzene rings is 2. The fourth-order valence-electron chi connectivity index (χ4n) is 3.91. The van der Waals surface area contributed by atoms with Crippen molar-refractivity contribution >= 4 is 17.1 Å². The van der Waals surface area contributed by atoms with Crippen molar-refractivity contribution < 1.29 is 0 Å². The van der Waals surface area contributed by atoms with Crippen molar-refractivity contribution in [3.05, 3.63) is 92.1 Å². The summed E-state index contributed by atoms with van der Waals surface area (Å²) in [6.45, 7) is 3.28. The number of nitrogens with one attached hydrogen (secondary N) is 1. The lowest BCUT2D eigenvalue weighted by Crippen LogP contribution is -2.37. The molecule has 7 heteroatoms. The number of imidazole rings is 1. The van der Waals surface area contributed by atoms with Crippen molar-refractivity contribution in [1.82, 2.24) is 18.7 Å². The van der Waals surface area contributed by atoms with E-state index in [4.69, 9.17) is 0 Å². The molecular weight excluding hydrogens is 402 g/mol. The van der Waals surface area contributed by atoms with E-state index in [2.05, 4.69) is 58.8 Å². The topological polar surface area (TPSA) is 73.8 Å². The number of nitrogens with zero attached hydrogens (tertiary/aromatic N) is 4. The van der Waals surface area contributed by atoms with Gasteiger partial charge in [-0.15, -0.1) is 0 Å². The Morgan fingerprint density at radius 2 is 1.59 bits per heavy atom. The monoisotopic (exact) mass is 431 g/mol. The number of hydrogen-bond donors (Lipinski definition) is 1. The van der Waals surface area contributed by atoms with Crippen molar-refractivity contribution in [1.29, 1.82) is 0 Å². The van der Waals surface area contributed by atoms with Crippen LogP contribution in [0.5, 0.6) is 0 Å². The zero-order valence-electron chi connectivity index (χ0n) is 18.8. The van der Waals surface area contributed by atoms with Gasteiger partial charge in [0.1, 0.15) is 0 Å². The molecule has 0 bridgehead atoms. The van der Waals surface area contributed by atoms with Gasteiger partial charge in [0.15, 0.2) is 11.2 Å². The minimum Gasteiger partial charge on any atom is -0.356 e. The molecule has 0 atom stereocenters. The van der Waals surface area contributed by atoms with Crippen molar-refractivity contribution in [2.45, 2.75) is 32.7 Å². The Kier molecular flexibility index (Phi) is 6.25. The number of fused-ring (bicyclic) bond motifs is 1. The zero-order valence-corrected chi connectivity index (χ0v) is 18.8. The minimum absolute atomic E-state index is 0.333. The molecule has 2 aromatic heterocycles. The Balaban J connectivity index is 1.60. The van der Waals surface area contributed by atoms with Gasteiger partial charge in [0.2, 0.25) is 5.95 Å². The second-order valence-corrected chi connectivity index (χ2v) is 8.25. The Morgan fingerprint density at radius 1 is 0.875 bits per heavy atom. The third-order valence-corrected chi connectivity index (χ3v) is 5.83. The van der Waals surface area contributed by atoms with E-state index in [0.717, 1.165) is 35.9 Å². The molecule has 1 N–H and O–H groups in total. The number of rotatable bonds is 8. The van der Waals surface area contributed by atoms with Crippen LogP contribution in [0.3, 0.4) is 0 Å². The van der Waals surface area contributed by atoms with E-state index in [9.17, 15) is 9.59 Å². The molecule has 0 unspecified atom stereocenters. The highest BCUT2D eigenvalue weighted by molar-refractivity contribution is 5.74. The molecule has 0 aliphatic carbocycles. The molecule has 0 amide bonds. The first-order valence-corrected chi connectivity index (χ1v) is 11.0. The highest BCUT2D eigenvalue weighted by Crippen LogP contribution is 2.18. The van der Waals surface area contributed by atoms with Crippen LogP contribution in [0.25, 0.3) is 11.2 Å². The number of anilines is 1. The van der Waals surface area contributed by atoms with E-state index in [0.29, 0.717) is 23.7 Å². The van der Waals surface area contributed by atoms with Gasteiger partial charge >= 0.3 is 5.69 Å². The first-order chi connectivity index (χ1) is 15.5. The van der Waals surface area contributed by atoms with E-state index in [1.807, 2.05) is 17.6 Å². The van der Waals surface area contributed by atoms with E-state index >= 15 is 0 Å². The summed E-state index contributed by atoms with van der Waals surface area (Å²) < 4.78 is 4.46. The Bertz CT molecular complexity index is 1330. The second-order valence-electron chi connectivity index (χ2n) is 8.25. The van der Waals surface area contributed by atoms with Crippen molar-refractivity contribution in [3.63, 3.8) is 0 Å². The van der Waals surface area contributed by atoms with E-state index < -0.39 is 0 Å². The summed E-state index contributed by atoms with van der Waals surface area (Å²) >= 11 is 0. The quantitative estimate of drug-likeness (QED) is 0.435. The average molecular weight is 432 g/mol. The van der Waals surface area contributed by atoms with E-state index in [1.165, 1.54) is 22.7 Å². The molecule has 0 spiro atoms. The number of unbranched alkanes of at least 4 members (excludes halogenated alkanes) is 1. The van der Waals surface area contributed by atoms with Gasteiger partial charge in [-0.25, -0.2) is 4.79 Å². The molecule has 0 aliphatic rings. The van der Waals surface area contributed by atoms with Crippen LogP contribution in [0.15, 0.2) is 64.2 Å². The Hall–Kier alpha value is -3.61. The summed E-state index contributed by atoms with van der Waals surface area (Å²) in [5, 5.41) is 3.40. The van der Waals surface area contributed by atoms with Crippen LogP contribution in [0, 0.1) is 6.92 Å². The molecule has 7 nitrogen and oxygen atoms in total. The molecule has 0 radical (unpaired) electrons. The van der Waals surface area contributed by atoms with Crippen LogP contribution in [0.1, 0.15) is 29.5 Å². The first-order valence-electron chi connectivity index (χ1n) is 11.0. The zero-order chi connectivity index (χ0) is 22.7. The van der Waals surface area contributed by atoms with Gasteiger partial charge in [0, 0.05) is 20.6 Å². The smallest absolute Gasteiger partial charge is 0.332 e. The molecule has 4 aromatic rings. The van der Waals surface area contributed by atoms with Gasteiger partial charge in [-0.05, 0) is 37.3 Å². The third kappa shape index (κ3) is 4.37. The molecule has 0 saturated heterocycles. The predicted octanol–water partition coefficient (Wildman–Crippen LogP) is 3.23. The largest absolute Gasteiger partial charge is 0.356 e. The SMILES string of the molecule is Cc1ccc(Cn2c(NCCCCc3ccccc3)nc3c2c(=O)n(C)c(=O)n3C)cc1. The number of hydrogen-bond acceptors (Lipinski definition) is 4. The van der Waals surface area contributed by atoms with Crippen LogP contribution >= 0.6 is 0 Å². The summed E-state index contributed by atoms with van der Waals surface area (Å²) in [7, 11) is 3.15. The normalized spacial score (nSPS) is 11.2. The average Bonchev–Trinajstić information content (AvgIpc) is 3.16. The van der Waals surface area contributed by atoms with Crippen LogP contribution in [0.2, 0.25) is 0 Å². The summed E-state index contributed by atoms with van der Waals surface area (Å²) in [6, 6.07) is 18.7. The Morgan fingerprint density at radius 3 is 2.31 bits per heavy atom. The molecule has 32 heavy (non-hydrogen) atoms. The number of aryl methyl sites for hydroxylation is 3. The van der Waals surface area contributed by atoms with Crippen LogP contribution < -0.4 is 16.6 Å². The lowest BCUT2D eigenvalue weighted by molar-refractivity contribution is 0.702. The highest BCUT2D eigenvalue weighted by atomic mass is 16.2. The van der Waals surface area contributed by atoms with Crippen LogP contribution in [-0.4, -0.2) is 25.2 Å². The van der Waals surface area contributed by atoms with E-state index in [1.54, 1.807) is 7.05 Å². The standard InChI is InChI=1S/C25H29N5O2/c1-18-12-14-20(15-13-18)17-30-21-22(28(2)25(32)29(3)23(21)31)27-24(30)26-16-8-7-11-19-9-5-4-6-10-19/h4-6,9-10,12-15H,7-8,11,16-17H2,1-3H3,(H,26,27). The Labute approximate surface area is 187 Å². The lowest BCUT2D eigenvalue weighted by atomic mass is 10.1. The molecule has 4 rings (SSSR count). The van der Waals surface area contributed by atoms with Crippen molar-refractivity contribution in [2.24, 2.45) is 14.1 Å². The van der Waals surface area contributed by atoms with Crippen molar-refractivity contribution in [2.75, 3.05) is 11.9 Å². The van der Waals surface area contributed by atoms with Crippen LogP contribution in [-0.2, 0) is 27.1 Å². The second kappa shape index (κ2) is 9.26.